The lowest BCUT2D eigenvalue weighted by molar-refractivity contribution is 0.412. The molecule has 2 rings (SSSR count). The SMILES string of the molecule is CCc1nc2cc(Cl)c(OC)cn2c1C. The van der Waals surface area contributed by atoms with E-state index in [0.717, 1.165) is 23.5 Å². The second-order valence-electron chi connectivity index (χ2n) is 3.42. The molecule has 2 aromatic rings. The van der Waals surface area contributed by atoms with Gasteiger partial charge in [0.05, 0.1) is 24.0 Å². The van der Waals surface area contributed by atoms with Gasteiger partial charge in [-0.3, -0.25) is 0 Å². The van der Waals surface area contributed by atoms with Crippen molar-refractivity contribution in [2.45, 2.75) is 20.3 Å². The summed E-state index contributed by atoms with van der Waals surface area (Å²) in [5.74, 6) is 0.673. The topological polar surface area (TPSA) is 26.5 Å². The minimum Gasteiger partial charge on any atom is -0.494 e. The molecule has 0 aliphatic heterocycles. The molecule has 0 fully saturated rings. The number of nitrogens with zero attached hydrogens (tertiary/aromatic N) is 2. The normalized spacial score (nSPS) is 10.9. The summed E-state index contributed by atoms with van der Waals surface area (Å²) in [6, 6.07) is 1.83. The van der Waals surface area contributed by atoms with Crippen molar-refractivity contribution in [2.75, 3.05) is 7.11 Å². The summed E-state index contributed by atoms with van der Waals surface area (Å²) in [5.41, 5.74) is 3.11. The number of pyridine rings is 1. The maximum atomic E-state index is 6.03. The number of aryl methyl sites for hydroxylation is 2. The van der Waals surface area contributed by atoms with Gasteiger partial charge in [0.15, 0.2) is 5.75 Å². The van der Waals surface area contributed by atoms with Gasteiger partial charge >= 0.3 is 0 Å². The van der Waals surface area contributed by atoms with Crippen LogP contribution in [0.5, 0.6) is 5.75 Å². The third-order valence-corrected chi connectivity index (χ3v) is 2.86. The van der Waals surface area contributed by atoms with Gasteiger partial charge in [-0.25, -0.2) is 4.98 Å². The first-order valence-electron chi connectivity index (χ1n) is 4.88. The Labute approximate surface area is 93.6 Å². The number of ether oxygens (including phenoxy) is 1. The molecule has 0 N–H and O–H groups in total. The summed E-state index contributed by atoms with van der Waals surface area (Å²) < 4.78 is 7.17. The van der Waals surface area contributed by atoms with Gasteiger partial charge in [-0.05, 0) is 13.3 Å². The summed E-state index contributed by atoms with van der Waals surface area (Å²) >= 11 is 6.03. The highest BCUT2D eigenvalue weighted by molar-refractivity contribution is 6.32. The molecule has 0 aliphatic rings. The van der Waals surface area contributed by atoms with Crippen LogP contribution in [-0.4, -0.2) is 16.5 Å². The number of rotatable bonds is 2. The molecule has 0 saturated carbocycles. The summed E-state index contributed by atoms with van der Waals surface area (Å²) in [6.07, 6.45) is 2.80. The van der Waals surface area contributed by atoms with E-state index in [4.69, 9.17) is 16.3 Å². The fourth-order valence-electron chi connectivity index (χ4n) is 1.70. The molecule has 15 heavy (non-hydrogen) atoms. The maximum absolute atomic E-state index is 6.03. The predicted octanol–water partition coefficient (Wildman–Crippen LogP) is 2.87. The minimum absolute atomic E-state index is 0.595. The standard InChI is InChI=1S/C11H13ClN2O/c1-4-9-7(2)14-6-10(15-3)8(12)5-11(14)13-9/h5-6H,4H2,1-3H3. The summed E-state index contributed by atoms with van der Waals surface area (Å²) in [7, 11) is 1.61. The van der Waals surface area contributed by atoms with Crippen LogP contribution in [0.25, 0.3) is 5.65 Å². The van der Waals surface area contributed by atoms with Gasteiger partial charge < -0.3 is 9.14 Å². The molecule has 0 spiro atoms. The largest absolute Gasteiger partial charge is 0.494 e. The molecule has 0 aliphatic carbocycles. The van der Waals surface area contributed by atoms with Crippen LogP contribution in [0.2, 0.25) is 5.02 Å². The van der Waals surface area contributed by atoms with Gasteiger partial charge in [0.2, 0.25) is 0 Å². The van der Waals surface area contributed by atoms with Crippen LogP contribution in [-0.2, 0) is 6.42 Å². The van der Waals surface area contributed by atoms with Crippen molar-refractivity contribution >= 4 is 17.2 Å². The van der Waals surface area contributed by atoms with Crippen molar-refractivity contribution in [2.24, 2.45) is 0 Å². The number of methoxy groups -OCH3 is 1. The van der Waals surface area contributed by atoms with Gasteiger partial charge in [0.25, 0.3) is 0 Å². The zero-order chi connectivity index (χ0) is 11.0. The van der Waals surface area contributed by atoms with Gasteiger partial charge in [-0.15, -0.1) is 0 Å². The fraction of sp³-hybridized carbons (Fsp3) is 0.364. The zero-order valence-corrected chi connectivity index (χ0v) is 9.80. The van der Waals surface area contributed by atoms with E-state index in [0.29, 0.717) is 10.8 Å². The molecule has 0 saturated heterocycles. The van der Waals surface area contributed by atoms with Crippen molar-refractivity contribution in [1.29, 1.82) is 0 Å². The van der Waals surface area contributed by atoms with E-state index in [2.05, 4.69) is 11.9 Å². The van der Waals surface area contributed by atoms with Gasteiger partial charge in [-0.1, -0.05) is 18.5 Å². The molecule has 3 nitrogen and oxygen atoms in total. The number of hydrogen-bond donors (Lipinski definition) is 0. The Bertz CT molecular complexity index is 505. The van der Waals surface area contributed by atoms with Crippen molar-refractivity contribution < 1.29 is 4.74 Å². The molecule has 80 valence electrons. The Morgan fingerprint density at radius 2 is 2.27 bits per heavy atom. The van der Waals surface area contributed by atoms with Gasteiger partial charge in [-0.2, -0.15) is 0 Å². The van der Waals surface area contributed by atoms with Crippen molar-refractivity contribution in [3.05, 3.63) is 28.7 Å². The molecule has 4 heteroatoms. The molecule has 0 atom stereocenters. The third kappa shape index (κ3) is 1.57. The Hall–Kier alpha value is -1.22. The lowest BCUT2D eigenvalue weighted by Gasteiger charge is -2.04. The van der Waals surface area contributed by atoms with E-state index in [1.54, 1.807) is 7.11 Å². The monoisotopic (exact) mass is 224 g/mol. The maximum Gasteiger partial charge on any atom is 0.154 e. The zero-order valence-electron chi connectivity index (χ0n) is 9.04. The van der Waals surface area contributed by atoms with Crippen molar-refractivity contribution in [3.8, 4) is 5.75 Å². The van der Waals surface area contributed by atoms with Crippen LogP contribution in [0.4, 0.5) is 0 Å². The fourth-order valence-corrected chi connectivity index (χ4v) is 1.92. The van der Waals surface area contributed by atoms with E-state index in [1.807, 2.05) is 23.6 Å². The van der Waals surface area contributed by atoms with Crippen LogP contribution in [0, 0.1) is 6.92 Å². The molecule has 0 unspecified atom stereocenters. The third-order valence-electron chi connectivity index (χ3n) is 2.57. The smallest absolute Gasteiger partial charge is 0.154 e. The first-order chi connectivity index (χ1) is 7.17. The lowest BCUT2D eigenvalue weighted by atomic mass is 10.3. The highest BCUT2D eigenvalue weighted by Crippen LogP contribution is 2.26. The second kappa shape index (κ2) is 3.74. The highest BCUT2D eigenvalue weighted by atomic mass is 35.5. The molecule has 0 bridgehead atoms. The van der Waals surface area contributed by atoms with Crippen LogP contribution < -0.4 is 4.74 Å². The molecule has 2 aromatic heterocycles. The number of halogens is 1. The average molecular weight is 225 g/mol. The van der Waals surface area contributed by atoms with E-state index in [-0.39, 0.29) is 0 Å². The van der Waals surface area contributed by atoms with Gasteiger partial charge in [0.1, 0.15) is 5.65 Å². The number of hydrogen-bond acceptors (Lipinski definition) is 2. The molecular weight excluding hydrogens is 212 g/mol. The van der Waals surface area contributed by atoms with E-state index >= 15 is 0 Å². The van der Waals surface area contributed by atoms with Crippen molar-refractivity contribution in [1.82, 2.24) is 9.38 Å². The Kier molecular flexibility index (Phi) is 2.57. The predicted molar refractivity (Wildman–Crippen MR) is 60.9 cm³/mol. The first-order valence-corrected chi connectivity index (χ1v) is 5.26. The first kappa shape index (κ1) is 10.3. The molecular formula is C11H13ClN2O. The highest BCUT2D eigenvalue weighted by Gasteiger charge is 2.09. The lowest BCUT2D eigenvalue weighted by Crippen LogP contribution is -1.92. The minimum atomic E-state index is 0.595. The molecule has 2 heterocycles. The Morgan fingerprint density at radius 1 is 1.53 bits per heavy atom. The summed E-state index contributed by atoms with van der Waals surface area (Å²) in [4.78, 5) is 4.49. The van der Waals surface area contributed by atoms with Crippen LogP contribution >= 0.6 is 11.6 Å². The molecule has 0 aromatic carbocycles. The number of imidazole rings is 1. The second-order valence-corrected chi connectivity index (χ2v) is 3.82. The van der Waals surface area contributed by atoms with Crippen LogP contribution in [0.15, 0.2) is 12.3 Å². The summed E-state index contributed by atoms with van der Waals surface area (Å²) in [6.45, 7) is 4.14. The average Bonchev–Trinajstić information content (AvgIpc) is 2.54. The van der Waals surface area contributed by atoms with Crippen LogP contribution in [0.3, 0.4) is 0 Å². The van der Waals surface area contributed by atoms with E-state index in [9.17, 15) is 0 Å². The van der Waals surface area contributed by atoms with Crippen molar-refractivity contribution in [3.63, 3.8) is 0 Å². The number of fused-ring (bicyclic) bond motifs is 1. The number of aromatic nitrogens is 2. The molecule has 0 radical (unpaired) electrons. The quantitative estimate of drug-likeness (QED) is 0.784. The van der Waals surface area contributed by atoms with E-state index < -0.39 is 0 Å². The van der Waals surface area contributed by atoms with E-state index in [1.165, 1.54) is 0 Å². The Balaban J connectivity index is 2.74. The van der Waals surface area contributed by atoms with Gasteiger partial charge in [0, 0.05) is 11.8 Å². The Morgan fingerprint density at radius 3 is 2.87 bits per heavy atom. The van der Waals surface area contributed by atoms with Crippen LogP contribution in [0.1, 0.15) is 18.3 Å². The summed E-state index contributed by atoms with van der Waals surface area (Å²) in [5, 5.41) is 0.595. The molecule has 0 amide bonds.